The average molecular weight is 291 g/mol. The molecule has 0 atom stereocenters. The van der Waals surface area contributed by atoms with Gasteiger partial charge in [0, 0.05) is 22.8 Å². The van der Waals surface area contributed by atoms with Gasteiger partial charge in [-0.1, -0.05) is 11.6 Å². The van der Waals surface area contributed by atoms with Gasteiger partial charge in [-0.15, -0.1) is 0 Å². The molecule has 1 saturated carbocycles. The maximum absolute atomic E-state index is 6.09. The molecule has 0 aliphatic heterocycles. The van der Waals surface area contributed by atoms with Gasteiger partial charge in [0.05, 0.1) is 5.02 Å². The van der Waals surface area contributed by atoms with Gasteiger partial charge in [-0.25, -0.2) is 4.98 Å². The van der Waals surface area contributed by atoms with Crippen molar-refractivity contribution in [1.82, 2.24) is 4.98 Å². The number of aromatic nitrogens is 1. The topological polar surface area (TPSA) is 50.9 Å². The second kappa shape index (κ2) is 4.28. The number of anilines is 1. The maximum Gasteiger partial charge on any atom is 0.144 e. The number of rotatable bonds is 3. The minimum absolute atomic E-state index is 0.0575. The van der Waals surface area contributed by atoms with Gasteiger partial charge in [-0.2, -0.15) is 0 Å². The molecule has 5 heteroatoms. The monoisotopic (exact) mass is 289 g/mol. The Morgan fingerprint density at radius 2 is 2.33 bits per heavy atom. The zero-order chi connectivity index (χ0) is 10.9. The van der Waals surface area contributed by atoms with Crippen LogP contribution >= 0.6 is 27.5 Å². The normalized spacial score (nSPS) is 18.3. The van der Waals surface area contributed by atoms with Crippen LogP contribution in [0.5, 0.6) is 0 Å². The number of hydrogen-bond donors (Lipinski definition) is 2. The summed E-state index contributed by atoms with van der Waals surface area (Å²) in [5, 5.41) is 3.81. The number of nitrogens with two attached hydrogens (primary N) is 1. The molecule has 3 nitrogen and oxygen atoms in total. The van der Waals surface area contributed by atoms with E-state index in [1.807, 2.05) is 6.07 Å². The minimum atomic E-state index is -0.0575. The van der Waals surface area contributed by atoms with E-state index in [9.17, 15) is 0 Å². The fourth-order valence-corrected chi connectivity index (χ4v) is 2.31. The molecular formula is C10H13BrClN3. The molecule has 1 aromatic heterocycles. The highest BCUT2D eigenvalue weighted by molar-refractivity contribution is 9.10. The van der Waals surface area contributed by atoms with Crippen molar-refractivity contribution in [3.05, 3.63) is 21.8 Å². The van der Waals surface area contributed by atoms with E-state index >= 15 is 0 Å². The maximum atomic E-state index is 6.09. The van der Waals surface area contributed by atoms with E-state index in [-0.39, 0.29) is 5.54 Å². The highest BCUT2D eigenvalue weighted by atomic mass is 79.9. The van der Waals surface area contributed by atoms with Crippen LogP contribution in [0, 0.1) is 0 Å². The van der Waals surface area contributed by atoms with Crippen LogP contribution in [0.25, 0.3) is 0 Å². The molecule has 82 valence electrons. The van der Waals surface area contributed by atoms with E-state index in [1.54, 1.807) is 6.20 Å². The smallest absolute Gasteiger partial charge is 0.144 e. The lowest BCUT2D eigenvalue weighted by Crippen LogP contribution is -2.52. The highest BCUT2D eigenvalue weighted by Gasteiger charge is 2.32. The van der Waals surface area contributed by atoms with Crippen LogP contribution in [0.2, 0.25) is 5.02 Å². The van der Waals surface area contributed by atoms with E-state index in [0.29, 0.717) is 10.8 Å². The molecule has 15 heavy (non-hydrogen) atoms. The van der Waals surface area contributed by atoms with Crippen LogP contribution in [0.3, 0.4) is 0 Å². The molecule has 3 N–H and O–H groups in total. The zero-order valence-electron chi connectivity index (χ0n) is 8.26. The summed E-state index contributed by atoms with van der Waals surface area (Å²) in [4.78, 5) is 4.19. The third-order valence-corrected chi connectivity index (χ3v) is 3.49. The molecule has 1 aliphatic rings. The molecule has 0 saturated heterocycles. The Kier molecular flexibility index (Phi) is 3.19. The zero-order valence-corrected chi connectivity index (χ0v) is 10.6. The summed E-state index contributed by atoms with van der Waals surface area (Å²) in [6.45, 7) is 0.737. The third-order valence-electron chi connectivity index (χ3n) is 2.77. The number of pyridine rings is 1. The van der Waals surface area contributed by atoms with Gasteiger partial charge < -0.3 is 11.1 Å². The molecule has 1 heterocycles. The molecule has 0 radical (unpaired) electrons. The lowest BCUT2D eigenvalue weighted by atomic mass is 9.78. The fraction of sp³-hybridized carbons (Fsp3) is 0.500. The van der Waals surface area contributed by atoms with Crippen molar-refractivity contribution in [2.24, 2.45) is 5.73 Å². The molecule has 2 rings (SSSR count). The molecule has 0 spiro atoms. The van der Waals surface area contributed by atoms with Crippen molar-refractivity contribution in [1.29, 1.82) is 0 Å². The molecule has 0 unspecified atom stereocenters. The van der Waals surface area contributed by atoms with Crippen LogP contribution < -0.4 is 11.1 Å². The largest absolute Gasteiger partial charge is 0.367 e. The van der Waals surface area contributed by atoms with Gasteiger partial charge in [-0.3, -0.25) is 0 Å². The minimum Gasteiger partial charge on any atom is -0.367 e. The van der Waals surface area contributed by atoms with Crippen LogP contribution in [0.15, 0.2) is 16.7 Å². The lowest BCUT2D eigenvalue weighted by molar-refractivity contribution is 0.265. The third kappa shape index (κ3) is 2.62. The van der Waals surface area contributed by atoms with E-state index in [1.165, 1.54) is 6.42 Å². The van der Waals surface area contributed by atoms with Gasteiger partial charge >= 0.3 is 0 Å². The molecule has 0 bridgehead atoms. The first kappa shape index (κ1) is 11.2. The number of nitrogens with zero attached hydrogens (tertiary/aromatic N) is 1. The van der Waals surface area contributed by atoms with E-state index in [4.69, 9.17) is 17.3 Å². The Bertz CT molecular complexity index is 366. The predicted molar refractivity (Wildman–Crippen MR) is 66.2 cm³/mol. The van der Waals surface area contributed by atoms with E-state index in [0.717, 1.165) is 23.9 Å². The Morgan fingerprint density at radius 1 is 1.60 bits per heavy atom. The summed E-state index contributed by atoms with van der Waals surface area (Å²) in [5.41, 5.74) is 6.03. The average Bonchev–Trinajstić information content (AvgIpc) is 2.14. The Hall–Kier alpha value is -0.320. The summed E-state index contributed by atoms with van der Waals surface area (Å²) < 4.78 is 0.879. The quantitative estimate of drug-likeness (QED) is 0.900. The van der Waals surface area contributed by atoms with Crippen molar-refractivity contribution >= 4 is 33.3 Å². The summed E-state index contributed by atoms with van der Waals surface area (Å²) in [6.07, 6.45) is 5.10. The molecular weight excluding hydrogens is 277 g/mol. The van der Waals surface area contributed by atoms with Crippen molar-refractivity contribution in [2.45, 2.75) is 24.8 Å². The second-order valence-corrected chi connectivity index (χ2v) is 5.38. The Labute approximate surface area is 103 Å². The SMILES string of the molecule is NC1(CNc2ncc(Br)cc2Cl)CCC1. The van der Waals surface area contributed by atoms with Crippen molar-refractivity contribution in [3.63, 3.8) is 0 Å². The number of halogens is 2. The first-order valence-corrected chi connectivity index (χ1v) is 6.10. The molecule has 1 aliphatic carbocycles. The Morgan fingerprint density at radius 3 is 2.87 bits per heavy atom. The summed E-state index contributed by atoms with van der Waals surface area (Å²) in [5.74, 6) is 0.705. The first-order chi connectivity index (χ1) is 7.09. The first-order valence-electron chi connectivity index (χ1n) is 4.93. The second-order valence-electron chi connectivity index (χ2n) is 4.05. The van der Waals surface area contributed by atoms with Gasteiger partial charge in [-0.05, 0) is 41.3 Å². The van der Waals surface area contributed by atoms with E-state index < -0.39 is 0 Å². The van der Waals surface area contributed by atoms with Gasteiger partial charge in [0.1, 0.15) is 5.82 Å². The van der Waals surface area contributed by atoms with Crippen molar-refractivity contribution in [2.75, 3.05) is 11.9 Å². The molecule has 0 aromatic carbocycles. The number of hydrogen-bond acceptors (Lipinski definition) is 3. The molecule has 0 amide bonds. The van der Waals surface area contributed by atoms with Crippen molar-refractivity contribution in [3.8, 4) is 0 Å². The highest BCUT2D eigenvalue weighted by Crippen LogP contribution is 2.30. The van der Waals surface area contributed by atoms with Crippen LogP contribution in [-0.4, -0.2) is 17.1 Å². The van der Waals surface area contributed by atoms with Gasteiger partial charge in [0.2, 0.25) is 0 Å². The van der Waals surface area contributed by atoms with E-state index in [2.05, 4.69) is 26.2 Å². The Balaban J connectivity index is 1.98. The van der Waals surface area contributed by atoms with Crippen LogP contribution in [0.1, 0.15) is 19.3 Å². The lowest BCUT2D eigenvalue weighted by Gasteiger charge is -2.38. The van der Waals surface area contributed by atoms with Gasteiger partial charge in [0.25, 0.3) is 0 Å². The summed E-state index contributed by atoms with van der Waals surface area (Å²) in [7, 11) is 0. The molecule has 1 aromatic rings. The standard InChI is InChI=1S/C10H13BrClN3/c11-7-4-8(12)9(14-5-7)15-6-10(13)2-1-3-10/h4-5H,1-3,6,13H2,(H,14,15). The predicted octanol–water partition coefficient (Wildman–Crippen LogP) is 2.79. The van der Waals surface area contributed by atoms with Crippen LogP contribution in [0.4, 0.5) is 5.82 Å². The van der Waals surface area contributed by atoms with Crippen molar-refractivity contribution < 1.29 is 0 Å². The summed E-state index contributed by atoms with van der Waals surface area (Å²) in [6, 6.07) is 1.82. The fourth-order valence-electron chi connectivity index (χ4n) is 1.61. The summed E-state index contributed by atoms with van der Waals surface area (Å²) >= 11 is 9.34. The number of nitrogens with one attached hydrogen (secondary N) is 1. The molecule has 1 fully saturated rings. The van der Waals surface area contributed by atoms with Crippen LogP contribution in [-0.2, 0) is 0 Å². The van der Waals surface area contributed by atoms with Gasteiger partial charge in [0.15, 0.2) is 0 Å².